The number of hydrogen-bond acceptors (Lipinski definition) is 6. The fourth-order valence-electron chi connectivity index (χ4n) is 4.30. The van der Waals surface area contributed by atoms with E-state index in [1.807, 2.05) is 16.8 Å². The number of nitrogens with zero attached hydrogens (tertiary/aromatic N) is 4. The SMILES string of the molecule is O=C(Nc1ccc(-c2nnnn2C2CC2)cc1)C1(S(=O)(=O)c2ccc(Cl)cc2)CCCC1. The van der Waals surface area contributed by atoms with Gasteiger partial charge in [-0.15, -0.1) is 5.10 Å². The molecule has 10 heteroatoms. The second kappa shape index (κ2) is 7.97. The molecule has 32 heavy (non-hydrogen) atoms. The van der Waals surface area contributed by atoms with Crippen molar-refractivity contribution in [3.63, 3.8) is 0 Å². The molecule has 0 spiro atoms. The molecule has 2 saturated carbocycles. The van der Waals surface area contributed by atoms with Gasteiger partial charge in [-0.1, -0.05) is 24.4 Å². The summed E-state index contributed by atoms with van der Waals surface area (Å²) in [5.41, 5.74) is 1.37. The Morgan fingerprint density at radius 2 is 1.69 bits per heavy atom. The third-order valence-corrected chi connectivity index (χ3v) is 9.02. The minimum absolute atomic E-state index is 0.112. The Balaban J connectivity index is 1.40. The lowest BCUT2D eigenvalue weighted by atomic mass is 10.1. The number of nitrogens with one attached hydrogen (secondary N) is 1. The monoisotopic (exact) mass is 471 g/mol. The van der Waals surface area contributed by atoms with E-state index in [0.29, 0.717) is 35.4 Å². The van der Waals surface area contributed by atoms with Crippen LogP contribution in [0.15, 0.2) is 53.4 Å². The molecular formula is C22H22ClN5O3S. The van der Waals surface area contributed by atoms with Crippen LogP contribution in [0.1, 0.15) is 44.6 Å². The minimum atomic E-state index is -3.89. The molecule has 0 radical (unpaired) electrons. The Kier molecular flexibility index (Phi) is 5.25. The van der Waals surface area contributed by atoms with Gasteiger partial charge in [0.2, 0.25) is 5.91 Å². The van der Waals surface area contributed by atoms with Gasteiger partial charge in [-0.3, -0.25) is 4.79 Å². The van der Waals surface area contributed by atoms with Gasteiger partial charge in [0.25, 0.3) is 0 Å². The van der Waals surface area contributed by atoms with Crippen LogP contribution in [-0.2, 0) is 14.6 Å². The molecule has 0 unspecified atom stereocenters. The molecule has 0 aliphatic heterocycles. The number of hydrogen-bond donors (Lipinski definition) is 1. The van der Waals surface area contributed by atoms with Crippen molar-refractivity contribution in [2.75, 3.05) is 5.32 Å². The van der Waals surface area contributed by atoms with Gasteiger partial charge >= 0.3 is 0 Å². The smallest absolute Gasteiger partial charge is 0.246 e. The zero-order valence-corrected chi connectivity index (χ0v) is 18.8. The number of sulfone groups is 1. The molecule has 1 heterocycles. The molecule has 2 fully saturated rings. The molecule has 1 aromatic heterocycles. The van der Waals surface area contributed by atoms with Crippen LogP contribution in [0.3, 0.4) is 0 Å². The summed E-state index contributed by atoms with van der Waals surface area (Å²) in [6, 6.07) is 13.5. The number of rotatable bonds is 6. The summed E-state index contributed by atoms with van der Waals surface area (Å²) in [6.45, 7) is 0. The van der Waals surface area contributed by atoms with E-state index in [1.165, 1.54) is 24.3 Å². The second-order valence-corrected chi connectivity index (χ2v) is 11.1. The Labute approximate surface area is 190 Å². The van der Waals surface area contributed by atoms with Crippen LogP contribution in [-0.4, -0.2) is 39.3 Å². The summed E-state index contributed by atoms with van der Waals surface area (Å²) in [5.74, 6) is 0.184. The number of anilines is 1. The van der Waals surface area contributed by atoms with Crippen molar-refractivity contribution in [1.29, 1.82) is 0 Å². The first-order valence-corrected chi connectivity index (χ1v) is 12.5. The lowest BCUT2D eigenvalue weighted by Gasteiger charge is -2.27. The van der Waals surface area contributed by atoms with Crippen molar-refractivity contribution in [1.82, 2.24) is 20.2 Å². The maximum atomic E-state index is 13.5. The predicted octanol–water partition coefficient (Wildman–Crippen LogP) is 4.05. The predicted molar refractivity (Wildman–Crippen MR) is 120 cm³/mol. The van der Waals surface area contributed by atoms with E-state index >= 15 is 0 Å². The second-order valence-electron chi connectivity index (χ2n) is 8.37. The number of halogens is 1. The third kappa shape index (κ3) is 3.59. The van der Waals surface area contributed by atoms with Gasteiger partial charge in [-0.25, -0.2) is 13.1 Å². The third-order valence-electron chi connectivity index (χ3n) is 6.25. The fraction of sp³-hybridized carbons (Fsp3) is 0.364. The van der Waals surface area contributed by atoms with E-state index in [4.69, 9.17) is 11.6 Å². The molecule has 1 N–H and O–H groups in total. The van der Waals surface area contributed by atoms with Crippen molar-refractivity contribution >= 4 is 33.0 Å². The summed E-state index contributed by atoms with van der Waals surface area (Å²) in [5, 5.41) is 15.2. The Morgan fingerprint density at radius 1 is 1.03 bits per heavy atom. The summed E-state index contributed by atoms with van der Waals surface area (Å²) in [7, 11) is -3.89. The molecule has 0 atom stereocenters. The molecular weight excluding hydrogens is 450 g/mol. The number of aromatic nitrogens is 4. The first-order chi connectivity index (χ1) is 15.4. The van der Waals surface area contributed by atoms with E-state index in [9.17, 15) is 13.2 Å². The standard InChI is InChI=1S/C22H22ClN5O3S/c23-16-5-11-19(12-6-16)32(30,31)22(13-1-2-14-22)21(29)24-17-7-3-15(4-8-17)20-25-26-27-28(20)18-9-10-18/h3-8,11-12,18H,1-2,9-10,13-14H2,(H,24,29). The van der Waals surface area contributed by atoms with Gasteiger partial charge in [0, 0.05) is 16.3 Å². The van der Waals surface area contributed by atoms with E-state index in [2.05, 4.69) is 20.8 Å². The number of carbonyl (C=O) groups excluding carboxylic acids is 1. The van der Waals surface area contributed by atoms with E-state index in [-0.39, 0.29) is 17.7 Å². The van der Waals surface area contributed by atoms with E-state index in [0.717, 1.165) is 18.4 Å². The van der Waals surface area contributed by atoms with Crippen LogP contribution in [0.4, 0.5) is 5.69 Å². The highest BCUT2D eigenvalue weighted by molar-refractivity contribution is 7.93. The molecule has 0 saturated heterocycles. The van der Waals surface area contributed by atoms with Crippen LogP contribution >= 0.6 is 11.6 Å². The molecule has 2 aliphatic carbocycles. The van der Waals surface area contributed by atoms with Gasteiger partial charge in [-0.2, -0.15) is 0 Å². The van der Waals surface area contributed by atoms with E-state index < -0.39 is 20.5 Å². The Morgan fingerprint density at radius 3 is 2.31 bits per heavy atom. The normalized spacial score (nSPS) is 17.9. The number of tetrazole rings is 1. The van der Waals surface area contributed by atoms with Gasteiger partial charge < -0.3 is 5.32 Å². The number of carbonyl (C=O) groups is 1. The highest BCUT2D eigenvalue weighted by Crippen LogP contribution is 2.42. The molecule has 1 amide bonds. The largest absolute Gasteiger partial charge is 0.325 e. The van der Waals surface area contributed by atoms with Gasteiger partial charge in [0.15, 0.2) is 20.4 Å². The summed E-state index contributed by atoms with van der Waals surface area (Å²) in [6.07, 6.45) is 4.08. The molecule has 8 nitrogen and oxygen atoms in total. The lowest BCUT2D eigenvalue weighted by molar-refractivity contribution is -0.118. The van der Waals surface area contributed by atoms with Gasteiger partial charge in [0.1, 0.15) is 0 Å². The average molecular weight is 472 g/mol. The number of amides is 1. The molecule has 166 valence electrons. The average Bonchev–Trinajstić information content (AvgIpc) is 3.29. The Bertz CT molecular complexity index is 1250. The highest BCUT2D eigenvalue weighted by atomic mass is 35.5. The molecule has 5 rings (SSSR count). The van der Waals surface area contributed by atoms with Crippen molar-refractivity contribution < 1.29 is 13.2 Å². The highest BCUT2D eigenvalue weighted by Gasteiger charge is 2.53. The van der Waals surface area contributed by atoms with Crippen LogP contribution in [0.5, 0.6) is 0 Å². The van der Waals surface area contributed by atoms with Crippen LogP contribution < -0.4 is 5.32 Å². The zero-order valence-electron chi connectivity index (χ0n) is 17.2. The van der Waals surface area contributed by atoms with Crippen LogP contribution in [0.25, 0.3) is 11.4 Å². The van der Waals surface area contributed by atoms with Crippen molar-refractivity contribution in [2.45, 2.75) is 54.2 Å². The van der Waals surface area contributed by atoms with Gasteiger partial charge in [0.05, 0.1) is 10.9 Å². The summed E-state index contributed by atoms with van der Waals surface area (Å²) < 4.78 is 27.3. The number of benzene rings is 2. The van der Waals surface area contributed by atoms with Crippen LogP contribution in [0, 0.1) is 0 Å². The quantitative estimate of drug-likeness (QED) is 0.581. The topological polar surface area (TPSA) is 107 Å². The van der Waals surface area contributed by atoms with Gasteiger partial charge in [-0.05, 0) is 84.6 Å². The molecule has 3 aromatic rings. The van der Waals surface area contributed by atoms with E-state index in [1.54, 1.807) is 12.1 Å². The van der Waals surface area contributed by atoms with Crippen molar-refractivity contribution in [2.24, 2.45) is 0 Å². The molecule has 0 bridgehead atoms. The van der Waals surface area contributed by atoms with Crippen LogP contribution in [0.2, 0.25) is 5.02 Å². The zero-order chi connectivity index (χ0) is 22.3. The summed E-state index contributed by atoms with van der Waals surface area (Å²) in [4.78, 5) is 13.4. The molecule has 2 aromatic carbocycles. The summed E-state index contributed by atoms with van der Waals surface area (Å²) >= 11 is 5.92. The fourth-order valence-corrected chi connectivity index (χ4v) is 6.49. The minimum Gasteiger partial charge on any atom is -0.325 e. The first kappa shape index (κ1) is 21.1. The maximum Gasteiger partial charge on any atom is 0.246 e. The van der Waals surface area contributed by atoms with Crippen molar-refractivity contribution in [3.8, 4) is 11.4 Å². The maximum absolute atomic E-state index is 13.5. The first-order valence-electron chi connectivity index (χ1n) is 10.6. The molecule has 2 aliphatic rings. The Hall–Kier alpha value is -2.78. The lowest BCUT2D eigenvalue weighted by Crippen LogP contribution is -2.47. The van der Waals surface area contributed by atoms with Crippen molar-refractivity contribution in [3.05, 3.63) is 53.6 Å².